The molecule has 0 aliphatic carbocycles. The largest absolute Gasteiger partial charge is 0.497 e. The molecule has 0 unspecified atom stereocenters. The van der Waals surface area contributed by atoms with Gasteiger partial charge in [0.15, 0.2) is 0 Å². The first kappa shape index (κ1) is 19.4. The van der Waals surface area contributed by atoms with Gasteiger partial charge in [-0.2, -0.15) is 0 Å². The van der Waals surface area contributed by atoms with Crippen LogP contribution < -0.4 is 14.4 Å². The molecule has 0 bridgehead atoms. The van der Waals surface area contributed by atoms with Gasteiger partial charge >= 0.3 is 0 Å². The second kappa shape index (κ2) is 7.81. The second-order valence-corrected chi connectivity index (χ2v) is 7.70. The lowest BCUT2D eigenvalue weighted by atomic mass is 10.0. The molecule has 0 aromatic heterocycles. The molecule has 0 N–H and O–H groups in total. The normalized spacial score (nSPS) is 15.4. The summed E-state index contributed by atoms with van der Waals surface area (Å²) in [6.45, 7) is 0. The molecule has 1 fully saturated rings. The highest BCUT2D eigenvalue weighted by Gasteiger charge is 2.36. The van der Waals surface area contributed by atoms with Gasteiger partial charge in [0.25, 0.3) is 11.1 Å². The van der Waals surface area contributed by atoms with E-state index in [-0.39, 0.29) is 5.24 Å². The number of carbonyl (C=O) groups is 2. The lowest BCUT2D eigenvalue weighted by molar-refractivity contribution is -0.113. The maximum atomic E-state index is 13.0. The molecule has 5 nitrogen and oxygen atoms in total. The molecule has 1 saturated heterocycles. The number of hydrogen-bond acceptors (Lipinski definition) is 5. The molecule has 0 atom stereocenters. The molecule has 1 aliphatic heterocycles. The summed E-state index contributed by atoms with van der Waals surface area (Å²) in [6.07, 6.45) is 1.69. The number of methoxy groups -OCH3 is 2. The number of nitrogens with zero attached hydrogens (tertiary/aromatic N) is 1. The molecule has 0 radical (unpaired) electrons. The monoisotopic (exact) mass is 425 g/mol. The van der Waals surface area contributed by atoms with Crippen molar-refractivity contribution >= 4 is 57.0 Å². The van der Waals surface area contributed by atoms with E-state index in [2.05, 4.69) is 0 Å². The van der Waals surface area contributed by atoms with Gasteiger partial charge < -0.3 is 9.47 Å². The Morgan fingerprint density at radius 3 is 2.52 bits per heavy atom. The van der Waals surface area contributed by atoms with Gasteiger partial charge in [0.05, 0.1) is 24.8 Å². The zero-order chi connectivity index (χ0) is 20.5. The van der Waals surface area contributed by atoms with Gasteiger partial charge in [-0.3, -0.25) is 9.59 Å². The fourth-order valence-corrected chi connectivity index (χ4v) is 4.20. The van der Waals surface area contributed by atoms with Crippen LogP contribution in [0.3, 0.4) is 0 Å². The Hall–Kier alpha value is -2.96. The first-order valence-electron chi connectivity index (χ1n) is 8.70. The fourth-order valence-electron chi connectivity index (χ4n) is 3.19. The molecule has 146 valence electrons. The van der Waals surface area contributed by atoms with Crippen molar-refractivity contribution in [3.63, 3.8) is 0 Å². The van der Waals surface area contributed by atoms with E-state index in [4.69, 9.17) is 21.1 Å². The number of anilines is 1. The Kier molecular flexibility index (Phi) is 5.22. The van der Waals surface area contributed by atoms with Crippen LogP contribution in [0.4, 0.5) is 10.5 Å². The maximum Gasteiger partial charge on any atom is 0.298 e. The first-order valence-corrected chi connectivity index (χ1v) is 9.89. The minimum Gasteiger partial charge on any atom is -0.497 e. The third-order valence-electron chi connectivity index (χ3n) is 4.59. The van der Waals surface area contributed by atoms with Crippen LogP contribution in [0.15, 0.2) is 59.5 Å². The highest BCUT2D eigenvalue weighted by Crippen LogP contribution is 2.39. The Balaban J connectivity index is 1.83. The van der Waals surface area contributed by atoms with Gasteiger partial charge in [0.1, 0.15) is 11.5 Å². The fraction of sp³-hybridized carbons (Fsp3) is 0.0909. The number of fused-ring (bicyclic) bond motifs is 1. The molecule has 29 heavy (non-hydrogen) atoms. The maximum absolute atomic E-state index is 13.0. The minimum absolute atomic E-state index is 0.309. The van der Waals surface area contributed by atoms with Crippen LogP contribution in [0.25, 0.3) is 16.8 Å². The van der Waals surface area contributed by atoms with Gasteiger partial charge in [-0.15, -0.1) is 0 Å². The molecule has 2 amide bonds. The van der Waals surface area contributed by atoms with E-state index in [0.717, 1.165) is 27.4 Å². The van der Waals surface area contributed by atoms with Crippen LogP contribution >= 0.6 is 23.4 Å². The van der Waals surface area contributed by atoms with Gasteiger partial charge in [-0.1, -0.05) is 29.8 Å². The summed E-state index contributed by atoms with van der Waals surface area (Å²) >= 11 is 6.90. The second-order valence-electron chi connectivity index (χ2n) is 6.27. The summed E-state index contributed by atoms with van der Waals surface area (Å²) in [5, 5.41) is 1.90. The number of ether oxygens (including phenoxy) is 2. The summed E-state index contributed by atoms with van der Waals surface area (Å²) < 4.78 is 10.8. The Labute approximate surface area is 176 Å². The Bertz CT molecular complexity index is 1170. The van der Waals surface area contributed by atoms with Crippen molar-refractivity contribution in [1.29, 1.82) is 0 Å². The van der Waals surface area contributed by atoms with Gasteiger partial charge in [-0.25, -0.2) is 4.90 Å². The summed E-state index contributed by atoms with van der Waals surface area (Å²) in [5.74, 6) is 0.886. The standard InChI is InChI=1S/C22H16ClNO4S/c1-27-16-8-6-13-7-9-19(28-2)18(17(13)11-16)12-20-21(25)24(22(26)29-20)15-5-3-4-14(23)10-15/h3-12H,1-2H3/b20-12+. The summed E-state index contributed by atoms with van der Waals surface area (Å²) in [7, 11) is 3.16. The predicted molar refractivity (Wildman–Crippen MR) is 117 cm³/mol. The number of thioether (sulfide) groups is 1. The summed E-state index contributed by atoms with van der Waals surface area (Å²) in [5.41, 5.74) is 1.15. The average molecular weight is 426 g/mol. The first-order chi connectivity index (χ1) is 14.0. The lowest BCUT2D eigenvalue weighted by Crippen LogP contribution is -2.27. The van der Waals surface area contributed by atoms with Gasteiger partial charge in [-0.05, 0) is 65.0 Å². The summed E-state index contributed by atoms with van der Waals surface area (Å²) in [6, 6.07) is 16.1. The SMILES string of the molecule is COc1ccc2ccc(OC)c(/C=C3/SC(=O)N(c4cccc(Cl)c4)C3=O)c2c1. The zero-order valence-electron chi connectivity index (χ0n) is 15.6. The topological polar surface area (TPSA) is 55.8 Å². The van der Waals surface area contributed by atoms with Crippen molar-refractivity contribution in [2.24, 2.45) is 0 Å². The highest BCUT2D eigenvalue weighted by atomic mass is 35.5. The van der Waals surface area contributed by atoms with Crippen molar-refractivity contribution in [1.82, 2.24) is 0 Å². The van der Waals surface area contributed by atoms with Crippen molar-refractivity contribution < 1.29 is 19.1 Å². The average Bonchev–Trinajstić information content (AvgIpc) is 3.00. The van der Waals surface area contributed by atoms with E-state index in [0.29, 0.717) is 32.7 Å². The van der Waals surface area contributed by atoms with Crippen molar-refractivity contribution in [2.45, 2.75) is 0 Å². The van der Waals surface area contributed by atoms with Crippen molar-refractivity contribution in [3.05, 3.63) is 70.1 Å². The van der Waals surface area contributed by atoms with E-state index >= 15 is 0 Å². The predicted octanol–water partition coefficient (Wildman–Crippen LogP) is 5.75. The molecular formula is C22H16ClNO4S. The van der Waals surface area contributed by atoms with Gasteiger partial charge in [0, 0.05) is 10.6 Å². The third kappa shape index (κ3) is 3.57. The summed E-state index contributed by atoms with van der Waals surface area (Å²) in [4.78, 5) is 27.0. The van der Waals surface area contributed by atoms with Crippen LogP contribution in [0.2, 0.25) is 5.02 Å². The quantitative estimate of drug-likeness (QED) is 0.498. The molecule has 4 rings (SSSR count). The van der Waals surface area contributed by atoms with E-state index in [1.807, 2.05) is 30.3 Å². The number of imide groups is 1. The van der Waals surface area contributed by atoms with E-state index in [1.54, 1.807) is 44.6 Å². The zero-order valence-corrected chi connectivity index (χ0v) is 17.2. The minimum atomic E-state index is -0.399. The van der Waals surface area contributed by atoms with E-state index in [9.17, 15) is 9.59 Å². The number of benzene rings is 3. The molecule has 0 saturated carbocycles. The van der Waals surface area contributed by atoms with Crippen molar-refractivity contribution in [3.8, 4) is 11.5 Å². The molecular weight excluding hydrogens is 410 g/mol. The number of rotatable bonds is 4. The molecule has 7 heteroatoms. The molecule has 0 spiro atoms. The molecule has 1 aliphatic rings. The van der Waals surface area contributed by atoms with Crippen molar-refractivity contribution in [2.75, 3.05) is 19.1 Å². The molecule has 1 heterocycles. The molecule has 3 aromatic rings. The number of hydrogen-bond donors (Lipinski definition) is 0. The smallest absolute Gasteiger partial charge is 0.298 e. The number of amides is 2. The van der Waals surface area contributed by atoms with Crippen LogP contribution in [0.5, 0.6) is 11.5 Å². The van der Waals surface area contributed by atoms with E-state index < -0.39 is 5.91 Å². The van der Waals surface area contributed by atoms with Crippen LogP contribution in [-0.4, -0.2) is 25.4 Å². The number of halogens is 1. The van der Waals surface area contributed by atoms with Crippen LogP contribution in [-0.2, 0) is 4.79 Å². The van der Waals surface area contributed by atoms with Crippen LogP contribution in [0.1, 0.15) is 5.56 Å². The van der Waals surface area contributed by atoms with E-state index in [1.165, 1.54) is 0 Å². The third-order valence-corrected chi connectivity index (χ3v) is 5.69. The highest BCUT2D eigenvalue weighted by molar-refractivity contribution is 8.19. The molecule has 3 aromatic carbocycles. The van der Waals surface area contributed by atoms with Crippen LogP contribution in [0, 0.1) is 0 Å². The Morgan fingerprint density at radius 2 is 1.79 bits per heavy atom. The Morgan fingerprint density at radius 1 is 1.00 bits per heavy atom. The number of carbonyl (C=O) groups excluding carboxylic acids is 2. The lowest BCUT2D eigenvalue weighted by Gasteiger charge is -2.13. The van der Waals surface area contributed by atoms with Gasteiger partial charge in [0.2, 0.25) is 0 Å².